The highest BCUT2D eigenvalue weighted by molar-refractivity contribution is 5.69. The SMILES string of the molecule is CCCN(c1ccc(OC)cc1N)C(C)C. The average Bonchev–Trinajstić information content (AvgIpc) is 2.26. The Kier molecular flexibility index (Phi) is 4.47. The number of ether oxygens (including phenoxy) is 1. The highest BCUT2D eigenvalue weighted by Gasteiger charge is 2.12. The molecule has 0 fully saturated rings. The van der Waals surface area contributed by atoms with Crippen molar-refractivity contribution in [1.29, 1.82) is 0 Å². The van der Waals surface area contributed by atoms with Gasteiger partial charge in [0, 0.05) is 18.7 Å². The molecule has 3 heteroatoms. The minimum Gasteiger partial charge on any atom is -0.497 e. The minimum absolute atomic E-state index is 0.454. The lowest BCUT2D eigenvalue weighted by Gasteiger charge is -2.29. The summed E-state index contributed by atoms with van der Waals surface area (Å²) in [5.74, 6) is 0.807. The van der Waals surface area contributed by atoms with Gasteiger partial charge in [0.1, 0.15) is 5.75 Å². The van der Waals surface area contributed by atoms with Crippen LogP contribution in [0, 0.1) is 0 Å². The van der Waals surface area contributed by atoms with E-state index in [1.54, 1.807) is 7.11 Å². The van der Waals surface area contributed by atoms with Crippen LogP contribution in [0.5, 0.6) is 5.75 Å². The largest absolute Gasteiger partial charge is 0.497 e. The van der Waals surface area contributed by atoms with E-state index in [0.717, 1.165) is 30.1 Å². The molecule has 16 heavy (non-hydrogen) atoms. The van der Waals surface area contributed by atoms with Crippen LogP contribution >= 0.6 is 0 Å². The Balaban J connectivity index is 3.00. The average molecular weight is 222 g/mol. The molecular weight excluding hydrogens is 200 g/mol. The first-order valence-corrected chi connectivity index (χ1v) is 5.80. The molecule has 0 amide bonds. The van der Waals surface area contributed by atoms with E-state index in [4.69, 9.17) is 10.5 Å². The molecule has 0 aliphatic carbocycles. The van der Waals surface area contributed by atoms with E-state index in [1.165, 1.54) is 0 Å². The zero-order chi connectivity index (χ0) is 12.1. The van der Waals surface area contributed by atoms with Crippen LogP contribution in [0.3, 0.4) is 0 Å². The van der Waals surface area contributed by atoms with Crippen molar-refractivity contribution in [2.75, 3.05) is 24.3 Å². The van der Waals surface area contributed by atoms with Crippen LogP contribution in [0.2, 0.25) is 0 Å². The monoisotopic (exact) mass is 222 g/mol. The third kappa shape index (κ3) is 2.81. The lowest BCUT2D eigenvalue weighted by molar-refractivity contribution is 0.415. The molecule has 0 saturated carbocycles. The minimum atomic E-state index is 0.454. The number of hydrogen-bond donors (Lipinski definition) is 1. The van der Waals surface area contributed by atoms with Gasteiger partial charge >= 0.3 is 0 Å². The van der Waals surface area contributed by atoms with Gasteiger partial charge in [-0.15, -0.1) is 0 Å². The van der Waals surface area contributed by atoms with E-state index in [2.05, 4.69) is 25.7 Å². The molecule has 2 N–H and O–H groups in total. The number of nitrogens with two attached hydrogens (primary N) is 1. The van der Waals surface area contributed by atoms with E-state index in [-0.39, 0.29) is 0 Å². The van der Waals surface area contributed by atoms with Gasteiger partial charge in [0.25, 0.3) is 0 Å². The molecule has 0 unspecified atom stereocenters. The van der Waals surface area contributed by atoms with Crippen molar-refractivity contribution in [1.82, 2.24) is 0 Å². The fourth-order valence-electron chi connectivity index (χ4n) is 1.82. The second-order valence-corrected chi connectivity index (χ2v) is 4.21. The lowest BCUT2D eigenvalue weighted by atomic mass is 10.2. The topological polar surface area (TPSA) is 38.5 Å². The van der Waals surface area contributed by atoms with Crippen LogP contribution in [-0.2, 0) is 0 Å². The number of hydrogen-bond acceptors (Lipinski definition) is 3. The van der Waals surface area contributed by atoms with Gasteiger partial charge in [0.15, 0.2) is 0 Å². The molecule has 1 aromatic rings. The normalized spacial score (nSPS) is 10.6. The summed E-state index contributed by atoms with van der Waals surface area (Å²) in [7, 11) is 1.65. The summed E-state index contributed by atoms with van der Waals surface area (Å²) in [5, 5.41) is 0. The van der Waals surface area contributed by atoms with Gasteiger partial charge in [-0.25, -0.2) is 0 Å². The van der Waals surface area contributed by atoms with Crippen molar-refractivity contribution in [3.63, 3.8) is 0 Å². The molecule has 1 rings (SSSR count). The molecule has 0 saturated heterocycles. The summed E-state index contributed by atoms with van der Waals surface area (Å²) < 4.78 is 5.15. The number of methoxy groups -OCH3 is 1. The van der Waals surface area contributed by atoms with Gasteiger partial charge in [-0.05, 0) is 32.4 Å². The zero-order valence-electron chi connectivity index (χ0n) is 10.7. The molecule has 0 aliphatic rings. The van der Waals surface area contributed by atoms with Crippen molar-refractivity contribution in [2.24, 2.45) is 0 Å². The summed E-state index contributed by atoms with van der Waals surface area (Å²) in [5.41, 5.74) is 7.92. The Bertz CT molecular complexity index is 337. The summed E-state index contributed by atoms with van der Waals surface area (Å²) >= 11 is 0. The van der Waals surface area contributed by atoms with Crippen LogP contribution in [0.1, 0.15) is 27.2 Å². The number of nitrogen functional groups attached to an aromatic ring is 1. The van der Waals surface area contributed by atoms with Crippen molar-refractivity contribution >= 4 is 11.4 Å². The van der Waals surface area contributed by atoms with E-state index in [1.807, 2.05) is 18.2 Å². The Morgan fingerprint density at radius 1 is 1.38 bits per heavy atom. The van der Waals surface area contributed by atoms with Gasteiger partial charge in [0.05, 0.1) is 18.5 Å². The molecule has 3 nitrogen and oxygen atoms in total. The molecule has 1 aromatic carbocycles. The quantitative estimate of drug-likeness (QED) is 0.778. The molecule has 0 aliphatic heterocycles. The number of rotatable bonds is 5. The van der Waals surface area contributed by atoms with Crippen molar-refractivity contribution in [3.05, 3.63) is 18.2 Å². The predicted octanol–water partition coefficient (Wildman–Crippen LogP) is 2.90. The highest BCUT2D eigenvalue weighted by Crippen LogP contribution is 2.29. The molecule has 0 radical (unpaired) electrons. The first-order chi connectivity index (χ1) is 7.60. The molecule has 0 bridgehead atoms. The van der Waals surface area contributed by atoms with Gasteiger partial charge in [0.2, 0.25) is 0 Å². The molecule has 0 spiro atoms. The molecule has 0 heterocycles. The Labute approximate surface area is 98.2 Å². The van der Waals surface area contributed by atoms with E-state index in [0.29, 0.717) is 6.04 Å². The first kappa shape index (κ1) is 12.7. The van der Waals surface area contributed by atoms with Crippen LogP contribution in [0.15, 0.2) is 18.2 Å². The fraction of sp³-hybridized carbons (Fsp3) is 0.538. The standard InChI is InChI=1S/C13H22N2O/c1-5-8-15(10(2)3)13-7-6-11(16-4)9-12(13)14/h6-7,9-10H,5,8,14H2,1-4H3. The number of anilines is 2. The van der Waals surface area contributed by atoms with Gasteiger partial charge < -0.3 is 15.4 Å². The maximum Gasteiger partial charge on any atom is 0.121 e. The van der Waals surface area contributed by atoms with Crippen LogP contribution < -0.4 is 15.4 Å². The maximum absolute atomic E-state index is 6.04. The molecule has 0 aromatic heterocycles. The van der Waals surface area contributed by atoms with Gasteiger partial charge in [-0.2, -0.15) is 0 Å². The fourth-order valence-corrected chi connectivity index (χ4v) is 1.82. The zero-order valence-corrected chi connectivity index (χ0v) is 10.7. The van der Waals surface area contributed by atoms with Gasteiger partial charge in [-0.1, -0.05) is 6.92 Å². The first-order valence-electron chi connectivity index (χ1n) is 5.80. The van der Waals surface area contributed by atoms with Crippen molar-refractivity contribution in [2.45, 2.75) is 33.2 Å². The second-order valence-electron chi connectivity index (χ2n) is 4.21. The predicted molar refractivity (Wildman–Crippen MR) is 70.2 cm³/mol. The van der Waals surface area contributed by atoms with E-state index < -0.39 is 0 Å². The maximum atomic E-state index is 6.04. The Hall–Kier alpha value is -1.38. The van der Waals surface area contributed by atoms with Crippen LogP contribution in [0.4, 0.5) is 11.4 Å². The van der Waals surface area contributed by atoms with Crippen molar-refractivity contribution < 1.29 is 4.74 Å². The van der Waals surface area contributed by atoms with Gasteiger partial charge in [-0.3, -0.25) is 0 Å². The number of benzene rings is 1. The van der Waals surface area contributed by atoms with Crippen LogP contribution in [-0.4, -0.2) is 19.7 Å². The second kappa shape index (κ2) is 5.64. The third-order valence-electron chi connectivity index (χ3n) is 2.63. The summed E-state index contributed by atoms with van der Waals surface area (Å²) in [6.07, 6.45) is 1.11. The molecule has 0 atom stereocenters. The number of nitrogens with zero attached hydrogens (tertiary/aromatic N) is 1. The Morgan fingerprint density at radius 2 is 2.06 bits per heavy atom. The smallest absolute Gasteiger partial charge is 0.121 e. The van der Waals surface area contributed by atoms with E-state index in [9.17, 15) is 0 Å². The summed E-state index contributed by atoms with van der Waals surface area (Å²) in [6, 6.07) is 6.32. The lowest BCUT2D eigenvalue weighted by Crippen LogP contribution is -2.32. The summed E-state index contributed by atoms with van der Waals surface area (Å²) in [6.45, 7) is 7.56. The Morgan fingerprint density at radius 3 is 2.50 bits per heavy atom. The molecule has 90 valence electrons. The highest BCUT2D eigenvalue weighted by atomic mass is 16.5. The van der Waals surface area contributed by atoms with E-state index >= 15 is 0 Å². The summed E-state index contributed by atoms with van der Waals surface area (Å²) in [4.78, 5) is 2.31. The molecular formula is C13H22N2O. The van der Waals surface area contributed by atoms with Crippen LogP contribution in [0.25, 0.3) is 0 Å². The third-order valence-corrected chi connectivity index (χ3v) is 2.63. The van der Waals surface area contributed by atoms with Crippen molar-refractivity contribution in [3.8, 4) is 5.75 Å².